The van der Waals surface area contributed by atoms with E-state index in [2.05, 4.69) is 27.9 Å². The van der Waals surface area contributed by atoms with Crippen LogP contribution in [0.4, 0.5) is 0 Å². The molecule has 1 aliphatic heterocycles. The van der Waals surface area contributed by atoms with Gasteiger partial charge in [-0.3, -0.25) is 9.36 Å². The summed E-state index contributed by atoms with van der Waals surface area (Å²) in [5.74, 6) is 3.15. The van der Waals surface area contributed by atoms with Gasteiger partial charge >= 0.3 is 0 Å². The van der Waals surface area contributed by atoms with Crippen LogP contribution in [0.25, 0.3) is 11.8 Å². The lowest BCUT2D eigenvalue weighted by Crippen LogP contribution is -2.36. The number of hydrogen-bond donors (Lipinski definition) is 0. The number of nitrogens with zero attached hydrogens (tertiary/aromatic N) is 2. The van der Waals surface area contributed by atoms with E-state index < -0.39 is 0 Å². The lowest BCUT2D eigenvalue weighted by atomic mass is 10.0. The maximum Gasteiger partial charge on any atom is 0.271 e. The third-order valence-electron chi connectivity index (χ3n) is 5.43. The minimum absolute atomic E-state index is 0.0623. The van der Waals surface area contributed by atoms with E-state index in [0.717, 1.165) is 26.9 Å². The van der Waals surface area contributed by atoms with E-state index in [1.165, 1.54) is 11.3 Å². The summed E-state index contributed by atoms with van der Waals surface area (Å²) in [6.07, 6.45) is 9.19. The number of aromatic nitrogens is 1. The summed E-state index contributed by atoms with van der Waals surface area (Å²) in [4.78, 5) is 19.1. The molecule has 0 radical (unpaired) electrons. The highest BCUT2D eigenvalue weighted by atomic mass is 79.9. The van der Waals surface area contributed by atoms with E-state index in [-0.39, 0.29) is 18.2 Å². The molecule has 1 unspecified atom stereocenters. The molecule has 4 aromatic rings. The molecule has 0 N–H and O–H groups in total. The number of halogens is 1. The lowest BCUT2D eigenvalue weighted by Gasteiger charge is -2.19. The summed E-state index contributed by atoms with van der Waals surface area (Å²) in [5, 5.41) is 0. The Kier molecular flexibility index (Phi) is 6.31. The van der Waals surface area contributed by atoms with Gasteiger partial charge in [0, 0.05) is 4.47 Å². The summed E-state index contributed by atoms with van der Waals surface area (Å²) in [6.45, 7) is 0.220. The predicted octanol–water partition coefficient (Wildman–Crippen LogP) is 4.78. The molecule has 34 heavy (non-hydrogen) atoms. The first-order valence-corrected chi connectivity index (χ1v) is 12.2. The van der Waals surface area contributed by atoms with Crippen LogP contribution >= 0.6 is 27.3 Å². The zero-order valence-corrected chi connectivity index (χ0v) is 20.4. The molecule has 0 aliphatic carbocycles. The molecule has 1 aromatic heterocycles. The standard InChI is InChI=1S/C28H19BrN2O2S/c1-2-16-33-23-14-8-19(9-15-23)17-26-27(32)31-25(21-10-12-22(29)13-11-21)18-24(30-28(31)34-26)20-6-4-3-5-7-20/h1,3-15,17-18,25H,16H2. The molecule has 1 aliphatic rings. The third kappa shape index (κ3) is 4.54. The fourth-order valence-electron chi connectivity index (χ4n) is 3.79. The lowest BCUT2D eigenvalue weighted by molar-refractivity contribution is 0.370. The molecule has 1 atom stereocenters. The second-order valence-electron chi connectivity index (χ2n) is 7.66. The van der Waals surface area contributed by atoms with E-state index in [4.69, 9.17) is 16.2 Å². The molecule has 0 saturated heterocycles. The Balaban J connectivity index is 1.63. The SMILES string of the molecule is C#CCOc1ccc(C=c2sc3n(c2=O)C(c2ccc(Br)cc2)C=C(c2ccccc2)N=3)cc1. The zero-order valence-electron chi connectivity index (χ0n) is 18.0. The topological polar surface area (TPSA) is 43.6 Å². The molecule has 0 saturated carbocycles. The molecule has 4 nitrogen and oxygen atoms in total. The molecular weight excluding hydrogens is 508 g/mol. The van der Waals surface area contributed by atoms with Gasteiger partial charge in [-0.2, -0.15) is 0 Å². The van der Waals surface area contributed by atoms with Crippen LogP contribution in [0.1, 0.15) is 22.7 Å². The number of rotatable bonds is 5. The number of hydrogen-bond acceptors (Lipinski definition) is 4. The molecule has 2 heterocycles. The van der Waals surface area contributed by atoms with E-state index >= 15 is 0 Å². The summed E-state index contributed by atoms with van der Waals surface area (Å²) in [6, 6.07) is 25.3. The largest absolute Gasteiger partial charge is 0.481 e. The average Bonchev–Trinajstić information content (AvgIpc) is 3.19. The van der Waals surface area contributed by atoms with Crippen LogP contribution in [0.2, 0.25) is 0 Å². The van der Waals surface area contributed by atoms with Gasteiger partial charge in [0.25, 0.3) is 5.56 Å². The van der Waals surface area contributed by atoms with Crippen molar-refractivity contribution in [2.75, 3.05) is 6.61 Å². The van der Waals surface area contributed by atoms with Crippen molar-refractivity contribution in [2.45, 2.75) is 6.04 Å². The van der Waals surface area contributed by atoms with Crippen LogP contribution in [-0.2, 0) is 0 Å². The van der Waals surface area contributed by atoms with Gasteiger partial charge in [-0.15, -0.1) is 6.42 Å². The van der Waals surface area contributed by atoms with Gasteiger partial charge in [-0.25, -0.2) is 4.99 Å². The van der Waals surface area contributed by atoms with E-state index in [9.17, 15) is 4.79 Å². The van der Waals surface area contributed by atoms with Crippen molar-refractivity contribution in [1.29, 1.82) is 0 Å². The van der Waals surface area contributed by atoms with Crippen molar-refractivity contribution in [3.63, 3.8) is 0 Å². The summed E-state index contributed by atoms with van der Waals surface area (Å²) >= 11 is 4.90. The number of thiazole rings is 1. The van der Waals surface area contributed by atoms with Crippen molar-refractivity contribution in [3.8, 4) is 18.1 Å². The van der Waals surface area contributed by atoms with Crippen LogP contribution in [0.5, 0.6) is 5.75 Å². The van der Waals surface area contributed by atoms with Gasteiger partial charge in [0.05, 0.1) is 16.3 Å². The Hall–Kier alpha value is -3.66. The van der Waals surface area contributed by atoms with Crippen LogP contribution in [-0.4, -0.2) is 11.2 Å². The zero-order chi connectivity index (χ0) is 23.5. The Morgan fingerprint density at radius 2 is 1.79 bits per heavy atom. The molecule has 0 spiro atoms. The van der Waals surface area contributed by atoms with Gasteiger partial charge in [-0.1, -0.05) is 87.8 Å². The highest BCUT2D eigenvalue weighted by Gasteiger charge is 2.22. The molecule has 166 valence electrons. The van der Waals surface area contributed by atoms with E-state index in [0.29, 0.717) is 15.1 Å². The van der Waals surface area contributed by atoms with Crippen molar-refractivity contribution in [2.24, 2.45) is 4.99 Å². The molecule has 0 bridgehead atoms. The summed E-state index contributed by atoms with van der Waals surface area (Å²) in [7, 11) is 0. The molecule has 6 heteroatoms. The Bertz CT molecular complexity index is 1580. The van der Waals surface area contributed by atoms with Crippen LogP contribution < -0.4 is 19.6 Å². The second-order valence-corrected chi connectivity index (χ2v) is 9.58. The number of fused-ring (bicyclic) bond motifs is 1. The van der Waals surface area contributed by atoms with Crippen molar-refractivity contribution >= 4 is 39.0 Å². The smallest absolute Gasteiger partial charge is 0.271 e. The third-order valence-corrected chi connectivity index (χ3v) is 6.94. The first-order chi connectivity index (χ1) is 16.6. The fourth-order valence-corrected chi connectivity index (χ4v) is 5.07. The number of benzene rings is 3. The van der Waals surface area contributed by atoms with E-state index in [1.54, 1.807) is 4.57 Å². The summed E-state index contributed by atoms with van der Waals surface area (Å²) < 4.78 is 8.83. The fraction of sp³-hybridized carbons (Fsp3) is 0.0714. The maximum absolute atomic E-state index is 13.5. The molecular formula is C28H19BrN2O2S. The van der Waals surface area contributed by atoms with Crippen molar-refractivity contribution in [1.82, 2.24) is 4.57 Å². The van der Waals surface area contributed by atoms with Gasteiger partial charge in [0.15, 0.2) is 4.80 Å². The average molecular weight is 527 g/mol. The first kappa shape index (κ1) is 22.1. The van der Waals surface area contributed by atoms with Gasteiger partial charge < -0.3 is 4.74 Å². The van der Waals surface area contributed by atoms with E-state index in [1.807, 2.05) is 84.9 Å². The number of terminal acetylenes is 1. The highest BCUT2D eigenvalue weighted by molar-refractivity contribution is 9.10. The second kappa shape index (κ2) is 9.68. The molecule has 0 fully saturated rings. The Labute approximate surface area is 209 Å². The van der Waals surface area contributed by atoms with Crippen molar-refractivity contribution < 1.29 is 4.74 Å². The maximum atomic E-state index is 13.5. The van der Waals surface area contributed by atoms with Gasteiger partial charge in [-0.05, 0) is 53.1 Å². The molecule has 0 amide bonds. The molecule has 5 rings (SSSR count). The first-order valence-electron chi connectivity index (χ1n) is 10.6. The number of ether oxygens (including phenoxy) is 1. The van der Waals surface area contributed by atoms with Gasteiger partial charge in [0.1, 0.15) is 12.4 Å². The summed E-state index contributed by atoms with van der Waals surface area (Å²) in [5.41, 5.74) is 3.74. The van der Waals surface area contributed by atoms with Crippen molar-refractivity contribution in [3.05, 3.63) is 126 Å². The predicted molar refractivity (Wildman–Crippen MR) is 140 cm³/mol. The molecule has 3 aromatic carbocycles. The quantitative estimate of drug-likeness (QED) is 0.351. The van der Waals surface area contributed by atoms with Crippen LogP contribution in [0.3, 0.4) is 0 Å². The van der Waals surface area contributed by atoms with Crippen LogP contribution in [0.15, 0.2) is 99.2 Å². The minimum atomic E-state index is -0.249. The Morgan fingerprint density at radius 1 is 1.06 bits per heavy atom. The van der Waals surface area contributed by atoms with Crippen LogP contribution in [0, 0.1) is 12.3 Å². The minimum Gasteiger partial charge on any atom is -0.481 e. The number of allylic oxidation sites excluding steroid dienone is 1. The monoisotopic (exact) mass is 526 g/mol. The Morgan fingerprint density at radius 3 is 2.50 bits per heavy atom. The van der Waals surface area contributed by atoms with Gasteiger partial charge in [0.2, 0.25) is 0 Å². The highest BCUT2D eigenvalue weighted by Crippen LogP contribution is 2.27. The normalized spacial score (nSPS) is 15.1.